The van der Waals surface area contributed by atoms with E-state index in [0.29, 0.717) is 6.42 Å². The highest BCUT2D eigenvalue weighted by Gasteiger charge is 2.22. The summed E-state index contributed by atoms with van der Waals surface area (Å²) < 4.78 is 2.16. The van der Waals surface area contributed by atoms with E-state index in [-0.39, 0.29) is 5.91 Å². The van der Waals surface area contributed by atoms with Crippen molar-refractivity contribution >= 4 is 61.0 Å². The first-order chi connectivity index (χ1) is 10.1. The van der Waals surface area contributed by atoms with Gasteiger partial charge in [0.25, 0.3) is 0 Å². The lowest BCUT2D eigenvalue weighted by atomic mass is 10.0. The van der Waals surface area contributed by atoms with E-state index in [4.69, 9.17) is 0 Å². The molecular weight excluding hydrogens is 443 g/mol. The molecule has 0 saturated heterocycles. The molecule has 4 rings (SSSR count). The molecule has 0 bridgehead atoms. The summed E-state index contributed by atoms with van der Waals surface area (Å²) in [5.74, 6) is 0.0251. The number of carbonyl (C=O) groups excluding carboxylic acids is 1. The number of carbonyl (C=O) groups is 1. The van der Waals surface area contributed by atoms with Gasteiger partial charge in [0.1, 0.15) is 0 Å². The zero-order chi connectivity index (χ0) is 14.6. The minimum Gasteiger partial charge on any atom is -0.354 e. The van der Waals surface area contributed by atoms with E-state index in [1.807, 2.05) is 24.3 Å². The third kappa shape index (κ3) is 2.19. The molecule has 1 aliphatic rings. The molecule has 0 aliphatic carbocycles. The van der Waals surface area contributed by atoms with Gasteiger partial charge < -0.3 is 10.3 Å². The Morgan fingerprint density at radius 3 is 2.86 bits per heavy atom. The van der Waals surface area contributed by atoms with Crippen LogP contribution in [0.4, 0.5) is 5.69 Å². The van der Waals surface area contributed by atoms with Crippen LogP contribution >= 0.6 is 38.5 Å². The number of hydrogen-bond donors (Lipinski definition) is 2. The predicted octanol–water partition coefficient (Wildman–Crippen LogP) is 4.70. The minimum absolute atomic E-state index is 0.0251. The van der Waals surface area contributed by atoms with Crippen molar-refractivity contribution in [3.8, 4) is 11.3 Å². The predicted molar refractivity (Wildman–Crippen MR) is 96.5 cm³/mol. The number of fused-ring (bicyclic) bond motifs is 5. The number of aromatic nitrogens is 1. The number of aromatic amines is 1. The highest BCUT2D eigenvalue weighted by Crippen LogP contribution is 2.38. The molecule has 21 heavy (non-hydrogen) atoms. The largest absolute Gasteiger partial charge is 0.354 e. The quantitative estimate of drug-likeness (QED) is 0.477. The van der Waals surface area contributed by atoms with Gasteiger partial charge in [0.15, 0.2) is 0 Å². The fraction of sp³-hybridized carbons (Fsp3) is 0.0625. The summed E-state index contributed by atoms with van der Waals surface area (Å²) in [6, 6.07) is 12.2. The van der Waals surface area contributed by atoms with Gasteiger partial charge in [-0.1, -0.05) is 15.9 Å². The molecule has 0 saturated carbocycles. The maximum absolute atomic E-state index is 12.2. The van der Waals surface area contributed by atoms with E-state index in [0.717, 1.165) is 41.5 Å². The molecule has 1 aliphatic heterocycles. The summed E-state index contributed by atoms with van der Waals surface area (Å²) in [4.78, 5) is 15.7. The van der Waals surface area contributed by atoms with Crippen LogP contribution < -0.4 is 5.32 Å². The van der Waals surface area contributed by atoms with Crippen molar-refractivity contribution in [1.82, 2.24) is 4.98 Å². The Balaban J connectivity index is 2.10. The summed E-state index contributed by atoms with van der Waals surface area (Å²) in [7, 11) is 0. The van der Waals surface area contributed by atoms with E-state index >= 15 is 0 Å². The number of H-pyrrole nitrogens is 1. The summed E-state index contributed by atoms with van der Waals surface area (Å²) in [5.41, 5.74) is 5.07. The Morgan fingerprint density at radius 2 is 2.00 bits per heavy atom. The van der Waals surface area contributed by atoms with Crippen molar-refractivity contribution in [2.24, 2.45) is 0 Å². The zero-order valence-corrected chi connectivity index (χ0v) is 14.6. The lowest BCUT2D eigenvalue weighted by Crippen LogP contribution is -2.12. The van der Waals surface area contributed by atoms with Crippen LogP contribution in [0.15, 0.2) is 40.9 Å². The third-order valence-corrected chi connectivity index (χ3v) is 4.89. The van der Waals surface area contributed by atoms with Gasteiger partial charge in [0, 0.05) is 24.5 Å². The number of nitrogens with one attached hydrogen (secondary N) is 2. The molecule has 0 atom stereocenters. The van der Waals surface area contributed by atoms with Crippen molar-refractivity contribution < 1.29 is 4.79 Å². The Kier molecular flexibility index (Phi) is 3.08. The lowest BCUT2D eigenvalue weighted by Gasteiger charge is -2.07. The summed E-state index contributed by atoms with van der Waals surface area (Å²) in [6.45, 7) is 0. The Morgan fingerprint density at radius 1 is 1.14 bits per heavy atom. The molecule has 2 heterocycles. The van der Waals surface area contributed by atoms with Crippen LogP contribution in [0.3, 0.4) is 0 Å². The van der Waals surface area contributed by atoms with E-state index < -0.39 is 0 Å². The van der Waals surface area contributed by atoms with Crippen molar-refractivity contribution in [3.63, 3.8) is 0 Å². The summed E-state index contributed by atoms with van der Waals surface area (Å²) in [6.07, 6.45) is 0.386. The number of halogens is 2. The van der Waals surface area contributed by atoms with Crippen LogP contribution in [0.2, 0.25) is 0 Å². The molecule has 1 aromatic heterocycles. The van der Waals surface area contributed by atoms with Gasteiger partial charge in [-0.05, 0) is 64.6 Å². The van der Waals surface area contributed by atoms with Gasteiger partial charge >= 0.3 is 0 Å². The normalized spacial score (nSPS) is 13.5. The number of anilines is 1. The molecule has 0 spiro atoms. The molecule has 104 valence electrons. The lowest BCUT2D eigenvalue weighted by molar-refractivity contribution is -0.115. The summed E-state index contributed by atoms with van der Waals surface area (Å²) in [5, 5.41) is 4.09. The van der Waals surface area contributed by atoms with Gasteiger partial charge in [-0.25, -0.2) is 0 Å². The number of benzene rings is 2. The number of amides is 1. The fourth-order valence-electron chi connectivity index (χ4n) is 2.82. The first-order valence-corrected chi connectivity index (χ1v) is 8.39. The SMILES string of the molecule is O=C1Cc2c([nH]c3ccc(Br)cc23)-c2cc(I)ccc2N1. The highest BCUT2D eigenvalue weighted by molar-refractivity contribution is 14.1. The Labute approximate surface area is 143 Å². The standard InChI is InChI=1S/C16H10BrIN2O/c17-8-1-3-13-10(5-8)11-7-15(21)19-14-4-2-9(18)6-12(14)16(11)20-13/h1-6,20H,7H2,(H,19,21). The second-order valence-corrected chi connectivity index (χ2v) is 7.24. The van der Waals surface area contributed by atoms with Crippen LogP contribution in [-0.4, -0.2) is 10.9 Å². The molecule has 2 aromatic carbocycles. The van der Waals surface area contributed by atoms with Crippen LogP contribution in [0, 0.1) is 3.57 Å². The molecule has 0 unspecified atom stereocenters. The molecule has 0 fully saturated rings. The average Bonchev–Trinajstić information content (AvgIpc) is 2.72. The molecule has 0 radical (unpaired) electrons. The molecule has 5 heteroatoms. The van der Waals surface area contributed by atoms with Crippen LogP contribution in [0.5, 0.6) is 0 Å². The molecular formula is C16H10BrIN2O. The van der Waals surface area contributed by atoms with E-state index in [1.54, 1.807) is 0 Å². The smallest absolute Gasteiger partial charge is 0.228 e. The molecule has 2 N–H and O–H groups in total. The van der Waals surface area contributed by atoms with Gasteiger partial charge in [0.2, 0.25) is 5.91 Å². The maximum Gasteiger partial charge on any atom is 0.228 e. The molecule has 3 aromatic rings. The Hall–Kier alpha value is -1.34. The molecule has 1 amide bonds. The van der Waals surface area contributed by atoms with Gasteiger partial charge in [0.05, 0.1) is 17.8 Å². The third-order valence-electron chi connectivity index (χ3n) is 3.73. The summed E-state index contributed by atoms with van der Waals surface area (Å²) >= 11 is 5.80. The topological polar surface area (TPSA) is 44.9 Å². The number of rotatable bonds is 0. The second-order valence-electron chi connectivity index (χ2n) is 5.08. The van der Waals surface area contributed by atoms with Crippen molar-refractivity contribution in [1.29, 1.82) is 0 Å². The fourth-order valence-corrected chi connectivity index (χ4v) is 3.67. The minimum atomic E-state index is 0.0251. The van der Waals surface area contributed by atoms with E-state index in [2.05, 4.69) is 61.0 Å². The Bertz CT molecular complexity index is 901. The monoisotopic (exact) mass is 452 g/mol. The van der Waals surface area contributed by atoms with Crippen LogP contribution in [0.25, 0.3) is 22.2 Å². The van der Waals surface area contributed by atoms with Crippen LogP contribution in [0.1, 0.15) is 5.56 Å². The second kappa shape index (κ2) is 4.84. The van der Waals surface area contributed by atoms with Gasteiger partial charge in [-0.3, -0.25) is 4.79 Å². The molecule has 3 nitrogen and oxygen atoms in total. The highest BCUT2D eigenvalue weighted by atomic mass is 127. The van der Waals surface area contributed by atoms with Gasteiger partial charge in [-0.2, -0.15) is 0 Å². The number of hydrogen-bond acceptors (Lipinski definition) is 1. The first kappa shape index (κ1) is 13.3. The average molecular weight is 453 g/mol. The zero-order valence-electron chi connectivity index (χ0n) is 10.8. The van der Waals surface area contributed by atoms with Crippen LogP contribution in [-0.2, 0) is 11.2 Å². The van der Waals surface area contributed by atoms with Gasteiger partial charge in [-0.15, -0.1) is 0 Å². The maximum atomic E-state index is 12.2. The van der Waals surface area contributed by atoms with E-state index in [9.17, 15) is 4.79 Å². The first-order valence-electron chi connectivity index (χ1n) is 6.52. The van der Waals surface area contributed by atoms with Crippen molar-refractivity contribution in [2.45, 2.75) is 6.42 Å². The van der Waals surface area contributed by atoms with Crippen molar-refractivity contribution in [3.05, 3.63) is 50.0 Å². The van der Waals surface area contributed by atoms with Crippen molar-refractivity contribution in [2.75, 3.05) is 5.32 Å². The van der Waals surface area contributed by atoms with E-state index in [1.165, 1.54) is 0 Å².